The Bertz CT molecular complexity index is 622. The summed E-state index contributed by atoms with van der Waals surface area (Å²) in [6.45, 7) is 0.253. The number of nitriles is 1. The van der Waals surface area contributed by atoms with E-state index in [1.165, 1.54) is 0 Å². The first-order valence-corrected chi connectivity index (χ1v) is 6.07. The molecule has 0 unspecified atom stereocenters. The maximum Gasteiger partial charge on any atom is 0.132 e. The van der Waals surface area contributed by atoms with Crippen molar-refractivity contribution in [2.45, 2.75) is 6.61 Å². The Morgan fingerprint density at radius 1 is 1.37 bits per heavy atom. The third-order valence-electron chi connectivity index (χ3n) is 2.51. The minimum atomic E-state index is 0.253. The molecule has 1 heterocycles. The number of nitrogens with zero attached hydrogens (tertiary/aromatic N) is 2. The Hall–Kier alpha value is -2.25. The standard InChI is InChI=1S/C14H12ClN3O/c1-17-14-6-5-12(15)13(18-14)9-19-11-4-2-3-10(7-11)8-16/h2-7H,9H2,1H3,(H,17,18). The smallest absolute Gasteiger partial charge is 0.132 e. The van der Waals surface area contributed by atoms with Crippen LogP contribution >= 0.6 is 11.6 Å². The van der Waals surface area contributed by atoms with Gasteiger partial charge in [0.15, 0.2) is 0 Å². The van der Waals surface area contributed by atoms with Crippen LogP contribution < -0.4 is 10.1 Å². The fourth-order valence-corrected chi connectivity index (χ4v) is 1.69. The molecule has 96 valence electrons. The molecule has 0 amide bonds. The van der Waals surface area contributed by atoms with Crippen LogP contribution in [0.5, 0.6) is 5.75 Å². The molecular formula is C14H12ClN3O. The highest BCUT2D eigenvalue weighted by Gasteiger charge is 2.05. The number of rotatable bonds is 4. The van der Waals surface area contributed by atoms with Crippen LogP contribution in [0.1, 0.15) is 11.3 Å². The first-order valence-electron chi connectivity index (χ1n) is 5.69. The average molecular weight is 274 g/mol. The normalized spacial score (nSPS) is 9.74. The lowest BCUT2D eigenvalue weighted by molar-refractivity contribution is 0.301. The Balaban J connectivity index is 2.12. The van der Waals surface area contributed by atoms with Gasteiger partial charge in [0.05, 0.1) is 22.3 Å². The number of halogens is 1. The minimum absolute atomic E-state index is 0.253. The number of ether oxygens (including phenoxy) is 1. The summed E-state index contributed by atoms with van der Waals surface area (Å²) in [7, 11) is 1.79. The highest BCUT2D eigenvalue weighted by molar-refractivity contribution is 6.31. The van der Waals surface area contributed by atoms with E-state index in [2.05, 4.69) is 16.4 Å². The quantitative estimate of drug-likeness (QED) is 0.929. The molecule has 0 aliphatic rings. The summed E-state index contributed by atoms with van der Waals surface area (Å²) in [4.78, 5) is 4.32. The molecule has 1 aromatic heterocycles. The van der Waals surface area contributed by atoms with Crippen LogP contribution in [-0.4, -0.2) is 12.0 Å². The van der Waals surface area contributed by atoms with E-state index in [4.69, 9.17) is 21.6 Å². The van der Waals surface area contributed by atoms with Gasteiger partial charge in [-0.3, -0.25) is 0 Å². The van der Waals surface area contributed by atoms with Crippen LogP contribution in [0.2, 0.25) is 5.02 Å². The predicted molar refractivity (Wildman–Crippen MR) is 74.3 cm³/mol. The Kier molecular flexibility index (Phi) is 4.22. The number of pyridine rings is 1. The zero-order valence-electron chi connectivity index (χ0n) is 10.4. The van der Waals surface area contributed by atoms with E-state index >= 15 is 0 Å². The summed E-state index contributed by atoms with van der Waals surface area (Å²) in [5.74, 6) is 1.35. The number of anilines is 1. The Morgan fingerprint density at radius 3 is 2.95 bits per heavy atom. The molecule has 1 N–H and O–H groups in total. The minimum Gasteiger partial charge on any atom is -0.487 e. The molecule has 0 radical (unpaired) electrons. The summed E-state index contributed by atoms with van der Waals surface area (Å²) >= 11 is 6.06. The highest BCUT2D eigenvalue weighted by atomic mass is 35.5. The van der Waals surface area contributed by atoms with Gasteiger partial charge in [0, 0.05) is 7.05 Å². The lowest BCUT2D eigenvalue weighted by Gasteiger charge is -2.08. The molecule has 4 nitrogen and oxygen atoms in total. The van der Waals surface area contributed by atoms with Crippen LogP contribution in [0.25, 0.3) is 0 Å². The average Bonchev–Trinajstić information content (AvgIpc) is 2.46. The van der Waals surface area contributed by atoms with Crippen molar-refractivity contribution in [2.75, 3.05) is 12.4 Å². The van der Waals surface area contributed by atoms with Gasteiger partial charge in [-0.25, -0.2) is 4.98 Å². The monoisotopic (exact) mass is 273 g/mol. The van der Waals surface area contributed by atoms with Crippen LogP contribution in [0.15, 0.2) is 36.4 Å². The first kappa shape index (κ1) is 13.2. The van der Waals surface area contributed by atoms with Gasteiger partial charge in [-0.05, 0) is 30.3 Å². The van der Waals surface area contributed by atoms with Crippen LogP contribution in [0, 0.1) is 11.3 Å². The van der Waals surface area contributed by atoms with Crippen molar-refractivity contribution in [2.24, 2.45) is 0 Å². The second-order valence-corrected chi connectivity index (χ2v) is 4.21. The summed E-state index contributed by atoms with van der Waals surface area (Å²) < 4.78 is 5.59. The zero-order valence-corrected chi connectivity index (χ0v) is 11.1. The Morgan fingerprint density at radius 2 is 2.21 bits per heavy atom. The summed E-state index contributed by atoms with van der Waals surface area (Å²) in [6.07, 6.45) is 0. The van der Waals surface area contributed by atoms with Crippen LogP contribution in [0.4, 0.5) is 5.82 Å². The molecule has 2 rings (SSSR count). The van der Waals surface area contributed by atoms with E-state index in [1.54, 1.807) is 43.4 Å². The summed E-state index contributed by atoms with van der Waals surface area (Å²) in [6, 6.07) is 12.6. The molecule has 0 atom stereocenters. The second-order valence-electron chi connectivity index (χ2n) is 3.80. The van der Waals surface area contributed by atoms with E-state index in [0.29, 0.717) is 22.0 Å². The molecule has 0 saturated carbocycles. The molecule has 19 heavy (non-hydrogen) atoms. The van der Waals surface area contributed by atoms with Crippen molar-refractivity contribution < 1.29 is 4.74 Å². The van der Waals surface area contributed by atoms with Gasteiger partial charge in [-0.2, -0.15) is 5.26 Å². The van der Waals surface area contributed by atoms with Crippen molar-refractivity contribution in [1.82, 2.24) is 4.98 Å². The SMILES string of the molecule is CNc1ccc(Cl)c(COc2cccc(C#N)c2)n1. The third-order valence-corrected chi connectivity index (χ3v) is 2.86. The number of hydrogen-bond acceptors (Lipinski definition) is 4. The number of hydrogen-bond donors (Lipinski definition) is 1. The van der Waals surface area contributed by atoms with Crippen LogP contribution in [-0.2, 0) is 6.61 Å². The van der Waals surface area contributed by atoms with Crippen molar-refractivity contribution >= 4 is 17.4 Å². The van der Waals surface area contributed by atoms with Crippen molar-refractivity contribution in [1.29, 1.82) is 5.26 Å². The molecule has 0 aliphatic heterocycles. The molecule has 0 aliphatic carbocycles. The Labute approximate surface area is 116 Å². The maximum atomic E-state index is 8.81. The second kappa shape index (κ2) is 6.07. The molecule has 0 bridgehead atoms. The van der Waals surface area contributed by atoms with Gasteiger partial charge in [0.2, 0.25) is 0 Å². The predicted octanol–water partition coefficient (Wildman–Crippen LogP) is 3.23. The lowest BCUT2D eigenvalue weighted by atomic mass is 10.2. The zero-order chi connectivity index (χ0) is 13.7. The molecule has 0 spiro atoms. The maximum absolute atomic E-state index is 8.81. The topological polar surface area (TPSA) is 57.9 Å². The van der Waals surface area contributed by atoms with Gasteiger partial charge in [-0.1, -0.05) is 17.7 Å². The first-order chi connectivity index (χ1) is 9.22. The fourth-order valence-electron chi connectivity index (χ4n) is 1.53. The van der Waals surface area contributed by atoms with Gasteiger partial charge in [0.1, 0.15) is 18.2 Å². The van der Waals surface area contributed by atoms with Crippen LogP contribution in [0.3, 0.4) is 0 Å². The van der Waals surface area contributed by atoms with Gasteiger partial charge >= 0.3 is 0 Å². The molecule has 1 aromatic carbocycles. The van der Waals surface area contributed by atoms with Crippen molar-refractivity contribution in [3.63, 3.8) is 0 Å². The number of nitrogens with one attached hydrogen (secondary N) is 1. The molecule has 0 saturated heterocycles. The van der Waals surface area contributed by atoms with E-state index in [-0.39, 0.29) is 6.61 Å². The lowest BCUT2D eigenvalue weighted by Crippen LogP contribution is -2.02. The summed E-state index contributed by atoms with van der Waals surface area (Å²) in [5, 5.41) is 12.3. The van der Waals surface area contributed by atoms with Gasteiger partial charge in [0.25, 0.3) is 0 Å². The van der Waals surface area contributed by atoms with Gasteiger partial charge in [-0.15, -0.1) is 0 Å². The molecular weight excluding hydrogens is 262 g/mol. The largest absolute Gasteiger partial charge is 0.487 e. The van der Waals surface area contributed by atoms with Crippen molar-refractivity contribution in [3.05, 3.63) is 52.7 Å². The van der Waals surface area contributed by atoms with E-state index in [1.807, 2.05) is 0 Å². The van der Waals surface area contributed by atoms with E-state index < -0.39 is 0 Å². The van der Waals surface area contributed by atoms with E-state index in [0.717, 1.165) is 5.82 Å². The van der Waals surface area contributed by atoms with Gasteiger partial charge < -0.3 is 10.1 Å². The highest BCUT2D eigenvalue weighted by Crippen LogP contribution is 2.19. The number of benzene rings is 1. The fraction of sp³-hybridized carbons (Fsp3) is 0.143. The molecule has 5 heteroatoms. The summed E-state index contributed by atoms with van der Waals surface area (Å²) in [5.41, 5.74) is 1.21. The van der Waals surface area contributed by atoms with E-state index in [9.17, 15) is 0 Å². The third kappa shape index (κ3) is 3.36. The molecule has 0 fully saturated rings. The van der Waals surface area contributed by atoms with Crippen molar-refractivity contribution in [3.8, 4) is 11.8 Å². The number of aromatic nitrogens is 1. The molecule has 2 aromatic rings.